The van der Waals surface area contributed by atoms with Crippen molar-refractivity contribution in [2.45, 2.75) is 0 Å². The fourth-order valence-electron chi connectivity index (χ4n) is 1.63. The number of anilines is 2. The Bertz CT molecular complexity index is 587. The van der Waals surface area contributed by atoms with Crippen LogP contribution in [-0.2, 0) is 4.74 Å². The van der Waals surface area contributed by atoms with Gasteiger partial charge in [-0.2, -0.15) is 0 Å². The summed E-state index contributed by atoms with van der Waals surface area (Å²) in [5.41, 5.74) is 0.946. The molecule has 0 aliphatic rings. The zero-order valence-corrected chi connectivity index (χ0v) is 10.5. The summed E-state index contributed by atoms with van der Waals surface area (Å²) in [6.45, 7) is 0. The van der Waals surface area contributed by atoms with Gasteiger partial charge in [0.05, 0.1) is 7.11 Å². The summed E-state index contributed by atoms with van der Waals surface area (Å²) < 4.78 is 17.6. The van der Waals surface area contributed by atoms with Crippen LogP contribution in [0.3, 0.4) is 0 Å². The molecule has 0 atom stereocenters. The molecule has 0 radical (unpaired) electrons. The molecule has 19 heavy (non-hydrogen) atoms. The molecule has 1 heterocycles. The molecular weight excluding hydrogens is 249 g/mol. The number of carbonyl (C=O) groups is 1. The lowest BCUT2D eigenvalue weighted by atomic mass is 10.2. The third-order valence-corrected chi connectivity index (χ3v) is 2.63. The zero-order chi connectivity index (χ0) is 13.8. The van der Waals surface area contributed by atoms with E-state index in [2.05, 4.69) is 14.7 Å². The number of esters is 1. The number of nitrogens with zero attached hydrogens (tertiary/aromatic N) is 3. The topological polar surface area (TPSA) is 55.3 Å². The van der Waals surface area contributed by atoms with Crippen molar-refractivity contribution >= 4 is 17.5 Å². The first-order chi connectivity index (χ1) is 9.13. The van der Waals surface area contributed by atoms with Gasteiger partial charge < -0.3 is 9.64 Å². The molecule has 98 valence electrons. The van der Waals surface area contributed by atoms with Crippen molar-refractivity contribution in [1.29, 1.82) is 0 Å². The van der Waals surface area contributed by atoms with Gasteiger partial charge in [0.1, 0.15) is 17.7 Å². The van der Waals surface area contributed by atoms with Gasteiger partial charge in [-0.15, -0.1) is 0 Å². The minimum absolute atomic E-state index is 0.247. The highest BCUT2D eigenvalue weighted by Gasteiger charge is 2.17. The van der Waals surface area contributed by atoms with E-state index in [1.807, 2.05) is 0 Å². The molecule has 0 amide bonds. The molecule has 5 nitrogen and oxygen atoms in total. The molecule has 0 aliphatic heterocycles. The molecule has 0 unspecified atom stereocenters. The van der Waals surface area contributed by atoms with Crippen LogP contribution >= 0.6 is 0 Å². The van der Waals surface area contributed by atoms with Crippen LogP contribution in [0.25, 0.3) is 0 Å². The maximum atomic E-state index is 12.9. The van der Waals surface area contributed by atoms with E-state index in [-0.39, 0.29) is 11.4 Å². The highest BCUT2D eigenvalue weighted by molar-refractivity contribution is 5.95. The van der Waals surface area contributed by atoms with Crippen LogP contribution in [0.5, 0.6) is 0 Å². The van der Waals surface area contributed by atoms with Crippen LogP contribution in [0.4, 0.5) is 15.9 Å². The Morgan fingerprint density at radius 3 is 2.63 bits per heavy atom. The Hall–Kier alpha value is -2.50. The quantitative estimate of drug-likeness (QED) is 0.792. The SMILES string of the molecule is COC(=O)c1cncnc1N(C)c1ccc(F)cc1. The molecule has 0 saturated heterocycles. The number of ether oxygens (including phenoxy) is 1. The fraction of sp³-hybridized carbons (Fsp3) is 0.154. The number of rotatable bonds is 3. The highest BCUT2D eigenvalue weighted by atomic mass is 19.1. The Morgan fingerprint density at radius 2 is 2.00 bits per heavy atom. The van der Waals surface area contributed by atoms with Crippen LogP contribution in [0, 0.1) is 5.82 Å². The lowest BCUT2D eigenvalue weighted by Crippen LogP contribution is -2.17. The molecular formula is C13H12FN3O2. The number of aromatic nitrogens is 2. The lowest BCUT2D eigenvalue weighted by molar-refractivity contribution is 0.0600. The molecule has 0 N–H and O–H groups in total. The molecule has 6 heteroatoms. The van der Waals surface area contributed by atoms with Crippen LogP contribution in [-0.4, -0.2) is 30.1 Å². The van der Waals surface area contributed by atoms with Gasteiger partial charge in [0.2, 0.25) is 0 Å². The predicted molar refractivity (Wildman–Crippen MR) is 67.8 cm³/mol. The van der Waals surface area contributed by atoms with E-state index in [0.717, 1.165) is 0 Å². The summed E-state index contributed by atoms with van der Waals surface area (Å²) in [5, 5.41) is 0. The molecule has 0 aliphatic carbocycles. The van der Waals surface area contributed by atoms with Crippen LogP contribution in [0.2, 0.25) is 0 Å². The molecule has 0 bridgehead atoms. The maximum absolute atomic E-state index is 12.9. The average molecular weight is 261 g/mol. The predicted octanol–water partition coefficient (Wildman–Crippen LogP) is 2.17. The van der Waals surface area contributed by atoms with Crippen molar-refractivity contribution in [2.75, 3.05) is 19.1 Å². The van der Waals surface area contributed by atoms with Gasteiger partial charge in [0.15, 0.2) is 5.82 Å². The van der Waals surface area contributed by atoms with E-state index in [0.29, 0.717) is 11.5 Å². The monoisotopic (exact) mass is 261 g/mol. The first-order valence-electron chi connectivity index (χ1n) is 5.51. The first-order valence-corrected chi connectivity index (χ1v) is 5.51. The Labute approximate surface area is 109 Å². The van der Waals surface area contributed by atoms with Crippen molar-refractivity contribution in [2.24, 2.45) is 0 Å². The van der Waals surface area contributed by atoms with Gasteiger partial charge in [-0.1, -0.05) is 0 Å². The summed E-state index contributed by atoms with van der Waals surface area (Å²) >= 11 is 0. The molecule has 2 rings (SSSR count). The second-order valence-electron chi connectivity index (χ2n) is 3.79. The molecule has 0 spiro atoms. The average Bonchev–Trinajstić information content (AvgIpc) is 2.46. The summed E-state index contributed by atoms with van der Waals surface area (Å²) in [4.78, 5) is 21.2. The van der Waals surface area contributed by atoms with E-state index in [1.54, 1.807) is 24.1 Å². The lowest BCUT2D eigenvalue weighted by Gasteiger charge is -2.19. The van der Waals surface area contributed by atoms with Crippen molar-refractivity contribution in [3.63, 3.8) is 0 Å². The first kappa shape index (κ1) is 12.9. The van der Waals surface area contributed by atoms with Gasteiger partial charge in [-0.3, -0.25) is 0 Å². The Morgan fingerprint density at radius 1 is 1.32 bits per heavy atom. The smallest absolute Gasteiger partial charge is 0.343 e. The largest absolute Gasteiger partial charge is 0.465 e. The fourth-order valence-corrected chi connectivity index (χ4v) is 1.63. The third kappa shape index (κ3) is 2.67. The van der Waals surface area contributed by atoms with E-state index < -0.39 is 5.97 Å². The Balaban J connectivity index is 2.41. The second-order valence-corrected chi connectivity index (χ2v) is 3.79. The minimum atomic E-state index is -0.524. The number of halogens is 1. The number of methoxy groups -OCH3 is 1. The van der Waals surface area contributed by atoms with Gasteiger partial charge in [-0.05, 0) is 24.3 Å². The van der Waals surface area contributed by atoms with Crippen molar-refractivity contribution in [1.82, 2.24) is 9.97 Å². The van der Waals surface area contributed by atoms with E-state index in [1.165, 1.54) is 31.8 Å². The molecule has 0 saturated carbocycles. The van der Waals surface area contributed by atoms with Gasteiger partial charge in [0, 0.05) is 18.9 Å². The summed E-state index contributed by atoms with van der Waals surface area (Å²) in [6, 6.07) is 5.87. The minimum Gasteiger partial charge on any atom is -0.465 e. The molecule has 1 aromatic heterocycles. The van der Waals surface area contributed by atoms with E-state index in [4.69, 9.17) is 0 Å². The van der Waals surface area contributed by atoms with Crippen LogP contribution < -0.4 is 4.90 Å². The summed E-state index contributed by atoms with van der Waals surface area (Å²) in [7, 11) is 3.01. The van der Waals surface area contributed by atoms with Crippen LogP contribution in [0.15, 0.2) is 36.8 Å². The number of hydrogen-bond donors (Lipinski definition) is 0. The van der Waals surface area contributed by atoms with Crippen molar-refractivity contribution in [3.05, 3.63) is 48.2 Å². The van der Waals surface area contributed by atoms with Crippen molar-refractivity contribution < 1.29 is 13.9 Å². The normalized spacial score (nSPS) is 10.1. The summed E-state index contributed by atoms with van der Waals surface area (Å²) in [5.74, 6) is -0.453. The van der Waals surface area contributed by atoms with Crippen LogP contribution in [0.1, 0.15) is 10.4 Å². The van der Waals surface area contributed by atoms with Crippen molar-refractivity contribution in [3.8, 4) is 0 Å². The van der Waals surface area contributed by atoms with Gasteiger partial charge in [0.25, 0.3) is 0 Å². The third-order valence-electron chi connectivity index (χ3n) is 2.63. The second kappa shape index (κ2) is 5.43. The number of carbonyl (C=O) groups excluding carboxylic acids is 1. The number of benzene rings is 1. The summed E-state index contributed by atoms with van der Waals surface area (Å²) in [6.07, 6.45) is 2.72. The Kier molecular flexibility index (Phi) is 3.70. The standard InChI is InChI=1S/C13H12FN3O2/c1-17(10-5-3-9(14)4-6-10)12-11(13(18)19-2)7-15-8-16-12/h3-8H,1-2H3. The van der Waals surface area contributed by atoms with Gasteiger partial charge in [-0.25, -0.2) is 19.2 Å². The van der Waals surface area contributed by atoms with E-state index in [9.17, 15) is 9.18 Å². The molecule has 0 fully saturated rings. The van der Waals surface area contributed by atoms with E-state index >= 15 is 0 Å². The number of hydrogen-bond acceptors (Lipinski definition) is 5. The van der Waals surface area contributed by atoms with Gasteiger partial charge >= 0.3 is 5.97 Å². The molecule has 2 aromatic rings. The molecule has 1 aromatic carbocycles. The highest BCUT2D eigenvalue weighted by Crippen LogP contribution is 2.24. The maximum Gasteiger partial charge on any atom is 0.343 e. The zero-order valence-electron chi connectivity index (χ0n) is 10.5.